The minimum absolute atomic E-state index is 0.0132. The number of fused-ring (bicyclic) bond motifs is 1. The molecule has 1 fully saturated rings. The summed E-state index contributed by atoms with van der Waals surface area (Å²) in [6.07, 6.45) is 1.55. The van der Waals surface area contributed by atoms with Gasteiger partial charge >= 0.3 is 0 Å². The second-order valence-corrected chi connectivity index (χ2v) is 8.06. The van der Waals surface area contributed by atoms with E-state index in [2.05, 4.69) is 65.7 Å². The fraction of sp³-hybridized carbons (Fsp3) is 0.320. The normalized spacial score (nSPS) is 16.9. The molecule has 29 heavy (non-hydrogen) atoms. The summed E-state index contributed by atoms with van der Waals surface area (Å²) in [6.45, 7) is 13.7. The molecule has 4 heteroatoms. The number of nitrogens with one attached hydrogen (secondary N) is 1. The van der Waals surface area contributed by atoms with Crippen molar-refractivity contribution in [3.05, 3.63) is 77.9 Å². The molecule has 0 radical (unpaired) electrons. The molecule has 2 heterocycles. The maximum Gasteiger partial charge on any atom is 0.251 e. The number of amides is 1. The first-order valence-corrected chi connectivity index (χ1v) is 10.3. The van der Waals surface area contributed by atoms with Crippen LogP contribution in [0.2, 0.25) is 0 Å². The lowest BCUT2D eigenvalue weighted by Crippen LogP contribution is -2.44. The fourth-order valence-electron chi connectivity index (χ4n) is 4.22. The number of piperazine rings is 1. The minimum Gasteiger partial charge on any atom is -0.369 e. The van der Waals surface area contributed by atoms with Crippen molar-refractivity contribution in [3.63, 3.8) is 0 Å². The highest BCUT2D eigenvalue weighted by atomic mass is 16.1. The third kappa shape index (κ3) is 4.13. The first-order valence-electron chi connectivity index (χ1n) is 10.3. The summed E-state index contributed by atoms with van der Waals surface area (Å²) < 4.78 is 0. The molecular formula is C25H29N3O. The van der Waals surface area contributed by atoms with Gasteiger partial charge in [0, 0.05) is 44.0 Å². The fourth-order valence-corrected chi connectivity index (χ4v) is 4.22. The lowest BCUT2D eigenvalue weighted by molar-refractivity contribution is 0.0946. The molecule has 0 saturated carbocycles. The molecule has 1 saturated heterocycles. The molecule has 4 nitrogen and oxygen atoms in total. The molecule has 2 aliphatic rings. The molecule has 0 bridgehead atoms. The van der Waals surface area contributed by atoms with Crippen LogP contribution in [0.4, 0.5) is 5.69 Å². The van der Waals surface area contributed by atoms with Crippen LogP contribution in [0.3, 0.4) is 0 Å². The van der Waals surface area contributed by atoms with Crippen molar-refractivity contribution in [3.8, 4) is 0 Å². The molecule has 4 rings (SSSR count). The molecule has 1 amide bonds. The molecule has 0 aliphatic carbocycles. The first-order chi connectivity index (χ1) is 14.0. The summed E-state index contributed by atoms with van der Waals surface area (Å²) in [7, 11) is 2.17. The Balaban J connectivity index is 1.45. The van der Waals surface area contributed by atoms with Crippen LogP contribution in [0.25, 0.3) is 11.1 Å². The van der Waals surface area contributed by atoms with E-state index in [1.165, 1.54) is 5.69 Å². The quantitative estimate of drug-likeness (QED) is 0.847. The number of carbonyl (C=O) groups is 1. The number of allylic oxidation sites excluding steroid dienone is 2. The van der Waals surface area contributed by atoms with E-state index >= 15 is 0 Å². The zero-order valence-corrected chi connectivity index (χ0v) is 17.2. The lowest BCUT2D eigenvalue weighted by atomic mass is 9.88. The van der Waals surface area contributed by atoms with E-state index in [4.69, 9.17) is 0 Å². The molecule has 150 valence electrons. The number of rotatable bonds is 5. The highest BCUT2D eigenvalue weighted by Crippen LogP contribution is 2.31. The molecule has 0 spiro atoms. The Bertz CT molecular complexity index is 937. The van der Waals surface area contributed by atoms with Crippen molar-refractivity contribution in [2.75, 3.05) is 44.7 Å². The SMILES string of the molecule is C=C(CC(=C)c1cccc2c1CCNC2=O)c1ccc(N2CCN(C)CC2)cc1. The Kier molecular flexibility index (Phi) is 5.54. The van der Waals surface area contributed by atoms with Crippen molar-refractivity contribution in [2.45, 2.75) is 12.8 Å². The summed E-state index contributed by atoms with van der Waals surface area (Å²) in [5.41, 5.74) is 7.47. The average Bonchev–Trinajstić information content (AvgIpc) is 2.74. The van der Waals surface area contributed by atoms with Gasteiger partial charge in [-0.05, 0) is 65.9 Å². The van der Waals surface area contributed by atoms with Crippen LogP contribution in [-0.2, 0) is 6.42 Å². The van der Waals surface area contributed by atoms with E-state index in [-0.39, 0.29) is 5.91 Å². The first kappa shape index (κ1) is 19.5. The molecule has 2 aliphatic heterocycles. The number of hydrogen-bond acceptors (Lipinski definition) is 3. The van der Waals surface area contributed by atoms with Crippen molar-refractivity contribution in [1.29, 1.82) is 0 Å². The highest BCUT2D eigenvalue weighted by molar-refractivity contribution is 5.98. The van der Waals surface area contributed by atoms with E-state index in [1.807, 2.05) is 12.1 Å². The smallest absolute Gasteiger partial charge is 0.251 e. The monoisotopic (exact) mass is 387 g/mol. The van der Waals surface area contributed by atoms with Gasteiger partial charge in [0.2, 0.25) is 0 Å². The molecular weight excluding hydrogens is 358 g/mol. The summed E-state index contributed by atoms with van der Waals surface area (Å²) in [6, 6.07) is 14.6. The van der Waals surface area contributed by atoms with Gasteiger partial charge < -0.3 is 15.1 Å². The van der Waals surface area contributed by atoms with Crippen molar-refractivity contribution in [1.82, 2.24) is 10.2 Å². The zero-order valence-electron chi connectivity index (χ0n) is 17.2. The largest absolute Gasteiger partial charge is 0.369 e. The van der Waals surface area contributed by atoms with Crippen molar-refractivity contribution >= 4 is 22.7 Å². The highest BCUT2D eigenvalue weighted by Gasteiger charge is 2.20. The maximum atomic E-state index is 12.1. The Morgan fingerprint density at radius 2 is 1.72 bits per heavy atom. The second kappa shape index (κ2) is 8.26. The number of hydrogen-bond donors (Lipinski definition) is 1. The van der Waals surface area contributed by atoms with Gasteiger partial charge in [-0.2, -0.15) is 0 Å². The van der Waals surface area contributed by atoms with Gasteiger partial charge in [0.05, 0.1) is 0 Å². The van der Waals surface area contributed by atoms with Crippen LogP contribution >= 0.6 is 0 Å². The zero-order chi connectivity index (χ0) is 20.4. The summed E-state index contributed by atoms with van der Waals surface area (Å²) in [5, 5.41) is 2.91. The van der Waals surface area contributed by atoms with E-state index in [0.29, 0.717) is 13.0 Å². The lowest BCUT2D eigenvalue weighted by Gasteiger charge is -2.34. The Hall–Kier alpha value is -2.85. The van der Waals surface area contributed by atoms with Gasteiger partial charge in [0.15, 0.2) is 0 Å². The van der Waals surface area contributed by atoms with E-state index in [1.54, 1.807) is 0 Å². The molecule has 0 aromatic heterocycles. The molecule has 2 aromatic carbocycles. The van der Waals surface area contributed by atoms with E-state index in [9.17, 15) is 4.79 Å². The summed E-state index contributed by atoms with van der Waals surface area (Å²) in [5.74, 6) is 0.0132. The van der Waals surface area contributed by atoms with E-state index < -0.39 is 0 Å². The number of benzene rings is 2. The van der Waals surface area contributed by atoms with Crippen LogP contribution in [-0.4, -0.2) is 50.6 Å². The second-order valence-electron chi connectivity index (χ2n) is 8.06. The Morgan fingerprint density at radius 1 is 1.00 bits per heavy atom. The van der Waals surface area contributed by atoms with Crippen LogP contribution < -0.4 is 10.2 Å². The number of anilines is 1. The number of carbonyl (C=O) groups excluding carboxylic acids is 1. The Labute approximate surface area is 173 Å². The topological polar surface area (TPSA) is 35.6 Å². The van der Waals surface area contributed by atoms with Crippen LogP contribution in [0.15, 0.2) is 55.6 Å². The van der Waals surface area contributed by atoms with Gasteiger partial charge in [0.25, 0.3) is 5.91 Å². The maximum absolute atomic E-state index is 12.1. The van der Waals surface area contributed by atoms with Gasteiger partial charge in [-0.1, -0.05) is 37.4 Å². The number of nitrogens with zero attached hydrogens (tertiary/aromatic N) is 2. The third-order valence-electron chi connectivity index (χ3n) is 6.03. The van der Waals surface area contributed by atoms with Gasteiger partial charge in [-0.25, -0.2) is 0 Å². The predicted molar refractivity (Wildman–Crippen MR) is 121 cm³/mol. The van der Waals surface area contributed by atoms with Gasteiger partial charge in [-0.3, -0.25) is 4.79 Å². The molecule has 1 N–H and O–H groups in total. The van der Waals surface area contributed by atoms with Crippen LogP contribution in [0.5, 0.6) is 0 Å². The van der Waals surface area contributed by atoms with Crippen LogP contribution in [0.1, 0.15) is 33.5 Å². The predicted octanol–water partition coefficient (Wildman–Crippen LogP) is 3.84. The minimum atomic E-state index is 0.0132. The van der Waals surface area contributed by atoms with Gasteiger partial charge in [0.1, 0.15) is 0 Å². The molecule has 2 aromatic rings. The van der Waals surface area contributed by atoms with Gasteiger partial charge in [-0.15, -0.1) is 0 Å². The Morgan fingerprint density at radius 3 is 2.45 bits per heavy atom. The van der Waals surface area contributed by atoms with Crippen molar-refractivity contribution < 1.29 is 4.79 Å². The molecule has 0 unspecified atom stereocenters. The average molecular weight is 388 g/mol. The van der Waals surface area contributed by atoms with Crippen LogP contribution in [0, 0.1) is 0 Å². The standard InChI is InChI=1S/C25H29N3O/c1-18(20-7-9-21(10-8-20)28-15-13-27(3)14-16-28)17-19(2)22-5-4-6-24-23(22)11-12-26-25(24)29/h4-10H,1-2,11-17H2,3H3,(H,26,29). The summed E-state index contributed by atoms with van der Waals surface area (Å²) in [4.78, 5) is 16.9. The van der Waals surface area contributed by atoms with E-state index in [0.717, 1.165) is 66.0 Å². The van der Waals surface area contributed by atoms with Crippen molar-refractivity contribution in [2.24, 2.45) is 0 Å². The summed E-state index contributed by atoms with van der Waals surface area (Å²) >= 11 is 0. The molecule has 0 atom stereocenters. The third-order valence-corrected chi connectivity index (χ3v) is 6.03. The number of likely N-dealkylation sites (N-methyl/N-ethyl adjacent to an activating group) is 1.